The molecule has 18 heavy (non-hydrogen) atoms. The van der Waals surface area contributed by atoms with E-state index in [2.05, 4.69) is 49.3 Å². The van der Waals surface area contributed by atoms with Crippen molar-refractivity contribution in [1.29, 1.82) is 0 Å². The van der Waals surface area contributed by atoms with Crippen LogP contribution < -0.4 is 5.32 Å². The molecule has 1 atom stereocenters. The van der Waals surface area contributed by atoms with Gasteiger partial charge in [-0.25, -0.2) is 0 Å². The Morgan fingerprint density at radius 1 is 1.22 bits per heavy atom. The van der Waals surface area contributed by atoms with Gasteiger partial charge in [0.05, 0.1) is 0 Å². The molecule has 1 heterocycles. The highest BCUT2D eigenvalue weighted by Crippen LogP contribution is 2.17. The van der Waals surface area contributed by atoms with E-state index >= 15 is 0 Å². The van der Waals surface area contributed by atoms with Gasteiger partial charge in [0, 0.05) is 12.6 Å². The Kier molecular flexibility index (Phi) is 4.79. The third-order valence-electron chi connectivity index (χ3n) is 4.09. The van der Waals surface area contributed by atoms with E-state index in [-0.39, 0.29) is 0 Å². The molecule has 1 N–H and O–H groups in total. The van der Waals surface area contributed by atoms with Crippen LogP contribution in [0.25, 0.3) is 0 Å². The van der Waals surface area contributed by atoms with Crippen LogP contribution in [0.4, 0.5) is 0 Å². The fraction of sp³-hybridized carbons (Fsp3) is 0.625. The van der Waals surface area contributed by atoms with Gasteiger partial charge in [-0.3, -0.25) is 4.90 Å². The summed E-state index contributed by atoms with van der Waals surface area (Å²) in [6.45, 7) is 7.84. The number of aryl methyl sites for hydroxylation is 2. The van der Waals surface area contributed by atoms with E-state index in [0.29, 0.717) is 0 Å². The molecular formula is C16H26N2. The van der Waals surface area contributed by atoms with Crippen LogP contribution in [0.1, 0.15) is 36.0 Å². The highest BCUT2D eigenvalue weighted by molar-refractivity contribution is 5.30. The molecule has 0 aromatic heterocycles. The van der Waals surface area contributed by atoms with Crippen molar-refractivity contribution in [2.24, 2.45) is 0 Å². The molecule has 0 amide bonds. The molecule has 1 unspecified atom stereocenters. The summed E-state index contributed by atoms with van der Waals surface area (Å²) in [5.41, 5.74) is 4.26. The van der Waals surface area contributed by atoms with E-state index in [4.69, 9.17) is 0 Å². The molecule has 1 aromatic rings. The zero-order chi connectivity index (χ0) is 13.0. The van der Waals surface area contributed by atoms with Gasteiger partial charge in [0.2, 0.25) is 0 Å². The fourth-order valence-electron chi connectivity index (χ4n) is 2.81. The highest BCUT2D eigenvalue weighted by atomic mass is 15.1. The maximum atomic E-state index is 3.49. The molecule has 2 nitrogen and oxygen atoms in total. The van der Waals surface area contributed by atoms with E-state index in [1.807, 2.05) is 0 Å². The lowest BCUT2D eigenvalue weighted by Crippen LogP contribution is -2.32. The minimum atomic E-state index is 0.736. The van der Waals surface area contributed by atoms with Crippen LogP contribution in [-0.4, -0.2) is 31.1 Å². The van der Waals surface area contributed by atoms with Gasteiger partial charge >= 0.3 is 0 Å². The van der Waals surface area contributed by atoms with Crippen molar-refractivity contribution in [1.82, 2.24) is 10.2 Å². The largest absolute Gasteiger partial charge is 0.317 e. The summed E-state index contributed by atoms with van der Waals surface area (Å²) in [5, 5.41) is 3.49. The Bertz CT molecular complexity index is 379. The van der Waals surface area contributed by atoms with Crippen molar-refractivity contribution in [2.75, 3.05) is 20.1 Å². The van der Waals surface area contributed by atoms with E-state index in [1.165, 1.54) is 49.0 Å². The second-order valence-corrected chi connectivity index (χ2v) is 5.68. The number of benzene rings is 1. The first kappa shape index (κ1) is 13.6. The summed E-state index contributed by atoms with van der Waals surface area (Å²) in [7, 11) is 2.28. The lowest BCUT2D eigenvalue weighted by atomic mass is 10.0. The Morgan fingerprint density at radius 2 is 2.06 bits per heavy atom. The maximum absolute atomic E-state index is 3.49. The monoisotopic (exact) mass is 246 g/mol. The number of rotatable bonds is 3. The quantitative estimate of drug-likeness (QED) is 0.882. The summed E-state index contributed by atoms with van der Waals surface area (Å²) in [5.74, 6) is 0. The number of hydrogen-bond acceptors (Lipinski definition) is 2. The van der Waals surface area contributed by atoms with Crippen LogP contribution in [0, 0.1) is 13.8 Å². The number of nitrogens with one attached hydrogen (secondary N) is 1. The van der Waals surface area contributed by atoms with Gasteiger partial charge < -0.3 is 5.32 Å². The van der Waals surface area contributed by atoms with Crippen molar-refractivity contribution in [2.45, 2.75) is 45.7 Å². The van der Waals surface area contributed by atoms with Crippen LogP contribution in [0.3, 0.4) is 0 Å². The smallest absolute Gasteiger partial charge is 0.0236 e. The third-order valence-corrected chi connectivity index (χ3v) is 4.09. The lowest BCUT2D eigenvalue weighted by molar-refractivity contribution is 0.216. The summed E-state index contributed by atoms with van der Waals surface area (Å²) >= 11 is 0. The molecule has 1 aliphatic heterocycles. The first-order chi connectivity index (χ1) is 8.66. The average Bonchev–Trinajstić information content (AvgIpc) is 2.62. The van der Waals surface area contributed by atoms with Crippen molar-refractivity contribution in [3.8, 4) is 0 Å². The van der Waals surface area contributed by atoms with Crippen molar-refractivity contribution in [3.05, 3.63) is 34.9 Å². The Morgan fingerprint density at radius 3 is 2.89 bits per heavy atom. The maximum Gasteiger partial charge on any atom is 0.0236 e. The topological polar surface area (TPSA) is 15.3 Å². The minimum absolute atomic E-state index is 0.736. The van der Waals surface area contributed by atoms with E-state index in [1.54, 1.807) is 0 Å². The van der Waals surface area contributed by atoms with Crippen LogP contribution in [0.2, 0.25) is 0 Å². The lowest BCUT2D eigenvalue weighted by Gasteiger charge is -2.27. The summed E-state index contributed by atoms with van der Waals surface area (Å²) in [6.07, 6.45) is 3.91. The predicted octanol–water partition coefficient (Wildman–Crippen LogP) is 2.88. The molecule has 0 bridgehead atoms. The Labute approximate surface area is 111 Å². The summed E-state index contributed by atoms with van der Waals surface area (Å²) in [6, 6.07) is 7.52. The van der Waals surface area contributed by atoms with Gasteiger partial charge in [0.15, 0.2) is 0 Å². The van der Waals surface area contributed by atoms with Gasteiger partial charge in [-0.05, 0) is 64.4 Å². The molecule has 100 valence electrons. The van der Waals surface area contributed by atoms with Gasteiger partial charge in [0.25, 0.3) is 0 Å². The molecule has 1 aromatic carbocycles. The molecule has 0 aliphatic carbocycles. The minimum Gasteiger partial charge on any atom is -0.317 e. The molecule has 1 fully saturated rings. The van der Waals surface area contributed by atoms with E-state index in [9.17, 15) is 0 Å². The third kappa shape index (κ3) is 3.56. The summed E-state index contributed by atoms with van der Waals surface area (Å²) in [4.78, 5) is 2.54. The Balaban J connectivity index is 2.00. The second kappa shape index (κ2) is 6.35. The zero-order valence-electron chi connectivity index (χ0n) is 12.0. The number of nitrogens with zero attached hydrogens (tertiary/aromatic N) is 1. The van der Waals surface area contributed by atoms with Crippen molar-refractivity contribution in [3.63, 3.8) is 0 Å². The zero-order valence-corrected chi connectivity index (χ0v) is 12.0. The van der Waals surface area contributed by atoms with Crippen LogP contribution >= 0.6 is 0 Å². The van der Waals surface area contributed by atoms with Crippen LogP contribution in [0.15, 0.2) is 18.2 Å². The normalized spacial score (nSPS) is 21.0. The first-order valence-corrected chi connectivity index (χ1v) is 7.14. The Hall–Kier alpha value is -0.860. The van der Waals surface area contributed by atoms with Gasteiger partial charge in [0.1, 0.15) is 0 Å². The number of hydrogen-bond donors (Lipinski definition) is 1. The van der Waals surface area contributed by atoms with Crippen molar-refractivity contribution >= 4 is 0 Å². The standard InChI is InChI=1S/C16H26N2/c1-13-6-7-14(2)15(11-13)12-18(3)16-5-4-9-17-10-8-16/h6-7,11,16-17H,4-5,8-10,12H2,1-3H3. The first-order valence-electron chi connectivity index (χ1n) is 7.14. The van der Waals surface area contributed by atoms with Gasteiger partial charge in [-0.2, -0.15) is 0 Å². The molecule has 2 heteroatoms. The van der Waals surface area contributed by atoms with E-state index < -0.39 is 0 Å². The van der Waals surface area contributed by atoms with Gasteiger partial charge in [-0.15, -0.1) is 0 Å². The molecule has 0 spiro atoms. The SMILES string of the molecule is Cc1ccc(C)c(CN(C)C2CCCNCC2)c1. The summed E-state index contributed by atoms with van der Waals surface area (Å²) < 4.78 is 0. The van der Waals surface area contributed by atoms with E-state index in [0.717, 1.165) is 12.6 Å². The molecular weight excluding hydrogens is 220 g/mol. The molecule has 0 saturated carbocycles. The highest BCUT2D eigenvalue weighted by Gasteiger charge is 2.17. The second-order valence-electron chi connectivity index (χ2n) is 5.68. The van der Waals surface area contributed by atoms with Crippen LogP contribution in [0.5, 0.6) is 0 Å². The molecule has 2 rings (SSSR count). The van der Waals surface area contributed by atoms with Crippen LogP contribution in [-0.2, 0) is 6.54 Å². The predicted molar refractivity (Wildman–Crippen MR) is 77.9 cm³/mol. The van der Waals surface area contributed by atoms with Gasteiger partial charge in [-0.1, -0.05) is 23.8 Å². The molecule has 1 saturated heterocycles. The fourth-order valence-corrected chi connectivity index (χ4v) is 2.81. The van der Waals surface area contributed by atoms with Crippen molar-refractivity contribution < 1.29 is 0 Å². The molecule has 1 aliphatic rings. The molecule has 0 radical (unpaired) electrons. The average molecular weight is 246 g/mol.